The van der Waals surface area contributed by atoms with Crippen LogP contribution in [0.5, 0.6) is 0 Å². The van der Waals surface area contributed by atoms with Crippen LogP contribution in [-0.4, -0.2) is 15.4 Å². The minimum atomic E-state index is -0.606. The molecule has 1 aliphatic rings. The minimum Gasteiger partial charge on any atom is -1.00 e. The van der Waals surface area contributed by atoms with Crippen LogP contribution in [0.4, 0.5) is 0 Å². The van der Waals surface area contributed by atoms with Crippen LogP contribution in [0, 0.1) is 12.0 Å². The van der Waals surface area contributed by atoms with Crippen LogP contribution >= 0.6 is 0 Å². The minimum absolute atomic E-state index is 0. The summed E-state index contributed by atoms with van der Waals surface area (Å²) in [6, 6.07) is 7.29. The molecule has 0 heterocycles. The largest absolute Gasteiger partial charge is 4.00 e. The monoisotopic (exact) mass is 473 g/mol. The van der Waals surface area contributed by atoms with Crippen LogP contribution in [0.2, 0.25) is 13.1 Å². The molecule has 1 aliphatic carbocycles. The predicted molar refractivity (Wildman–Crippen MR) is 111 cm³/mol. The third-order valence-corrected chi connectivity index (χ3v) is 4.22. The Hall–Kier alpha value is -0.319. The summed E-state index contributed by atoms with van der Waals surface area (Å²) in [5, 5.41) is 0. The van der Waals surface area contributed by atoms with E-state index < -0.39 is 5.91 Å². The van der Waals surface area contributed by atoms with E-state index >= 15 is 0 Å². The maximum Gasteiger partial charge on any atom is 4.00 e. The Bertz CT molecular complexity index is 652. The van der Waals surface area contributed by atoms with Gasteiger partial charge in [-0.1, -0.05) is 84.8 Å². The van der Waals surface area contributed by atoms with Crippen LogP contribution in [-0.2, 0) is 27.1 Å². The Labute approximate surface area is 202 Å². The van der Waals surface area contributed by atoms with Crippen LogP contribution < -0.4 is 24.8 Å². The molecule has 28 heavy (non-hydrogen) atoms. The molecule has 0 saturated carbocycles. The Morgan fingerprint density at radius 3 is 1.71 bits per heavy atom. The number of hydrogen-bond acceptors (Lipinski definition) is 1. The van der Waals surface area contributed by atoms with E-state index in [0.717, 1.165) is 15.1 Å². The fourth-order valence-corrected chi connectivity index (χ4v) is 2.50. The van der Waals surface area contributed by atoms with Crippen molar-refractivity contribution in [3.63, 3.8) is 0 Å². The van der Waals surface area contributed by atoms with E-state index in [9.17, 15) is 4.79 Å². The Balaban J connectivity index is -0.000000170. The van der Waals surface area contributed by atoms with E-state index in [1.807, 2.05) is 32.9 Å². The maximum atomic E-state index is 11.0. The molecule has 1 N–H and O–H groups in total. The maximum absolute atomic E-state index is 11.0. The molecular formula is C22H33Cl2NOSiTi. The van der Waals surface area contributed by atoms with Crippen LogP contribution in [0.15, 0.2) is 41.0 Å². The number of halogens is 2. The molecule has 0 fully saturated rings. The van der Waals surface area contributed by atoms with E-state index in [1.54, 1.807) is 12.1 Å². The van der Waals surface area contributed by atoms with E-state index in [0.29, 0.717) is 11.5 Å². The summed E-state index contributed by atoms with van der Waals surface area (Å²) in [6.45, 7) is 19.1. The van der Waals surface area contributed by atoms with Crippen molar-refractivity contribution in [1.29, 1.82) is 0 Å². The number of carbonyl (C=O) groups excluding carboxylic acids is 1. The van der Waals surface area contributed by atoms with Gasteiger partial charge in [0.25, 0.3) is 0 Å². The van der Waals surface area contributed by atoms with Crippen molar-refractivity contribution in [3.8, 4) is 0 Å². The van der Waals surface area contributed by atoms with Gasteiger partial charge in [-0.2, -0.15) is 11.1 Å². The van der Waals surface area contributed by atoms with Gasteiger partial charge in [-0.05, 0) is 11.0 Å². The molecule has 6 heteroatoms. The van der Waals surface area contributed by atoms with E-state index in [1.165, 1.54) is 16.7 Å². The van der Waals surface area contributed by atoms with Gasteiger partial charge in [0.15, 0.2) is 0 Å². The number of hydrogen-bond donors (Lipinski definition) is 0. The zero-order valence-electron chi connectivity index (χ0n) is 18.6. The second-order valence-electron chi connectivity index (χ2n) is 7.42. The van der Waals surface area contributed by atoms with Gasteiger partial charge in [0.2, 0.25) is 0 Å². The van der Waals surface area contributed by atoms with Crippen molar-refractivity contribution < 1.29 is 51.3 Å². The average Bonchev–Trinajstić information content (AvgIpc) is 2.74. The van der Waals surface area contributed by atoms with Gasteiger partial charge < -0.3 is 35.3 Å². The van der Waals surface area contributed by atoms with Crippen molar-refractivity contribution in [2.24, 2.45) is 5.92 Å². The molecule has 1 aromatic carbocycles. The summed E-state index contributed by atoms with van der Waals surface area (Å²) in [5.41, 5.74) is 12.7. The normalized spacial score (nSPS) is 14.6. The predicted octanol–water partition coefficient (Wildman–Crippen LogP) is 0.691. The molecule has 0 saturated heterocycles. The molecule has 1 unspecified atom stereocenters. The number of amides is 1. The number of rotatable bonds is 1. The first-order valence-corrected chi connectivity index (χ1v) is 10.7. The van der Waals surface area contributed by atoms with Gasteiger partial charge in [-0.25, -0.2) is 5.57 Å². The molecule has 2 rings (SSSR count). The van der Waals surface area contributed by atoms with Gasteiger partial charge in [0, 0.05) is 15.1 Å². The topological polar surface area (TPSA) is 40.9 Å². The average molecular weight is 474 g/mol. The van der Waals surface area contributed by atoms with Crippen molar-refractivity contribution in [1.82, 2.24) is 0 Å². The summed E-state index contributed by atoms with van der Waals surface area (Å²) in [7, 11) is 1.08. The summed E-state index contributed by atoms with van der Waals surface area (Å²) in [6.07, 6.45) is 3.36. The molecular weight excluding hydrogens is 441 g/mol. The molecule has 2 radical (unpaired) electrons. The van der Waals surface area contributed by atoms with Crippen molar-refractivity contribution >= 4 is 15.4 Å². The van der Waals surface area contributed by atoms with E-state index in [-0.39, 0.29) is 51.9 Å². The molecule has 154 valence electrons. The first kappa shape index (κ1) is 35.1. The van der Waals surface area contributed by atoms with Crippen LogP contribution in [0.25, 0.3) is 5.73 Å². The molecule has 2 nitrogen and oxygen atoms in total. The van der Waals surface area contributed by atoms with Crippen LogP contribution in [0.1, 0.15) is 64.4 Å². The van der Waals surface area contributed by atoms with Crippen LogP contribution in [0.3, 0.4) is 0 Å². The number of carbonyl (C=O) groups is 1. The smallest absolute Gasteiger partial charge is 1.00 e. The number of allylic oxidation sites excluding steroid dienone is 4. The second kappa shape index (κ2) is 16.5. The third kappa shape index (κ3) is 11.6. The van der Waals surface area contributed by atoms with Crippen molar-refractivity contribution in [3.05, 3.63) is 63.9 Å². The Morgan fingerprint density at radius 1 is 1.07 bits per heavy atom. The first-order chi connectivity index (χ1) is 11.5. The van der Waals surface area contributed by atoms with Gasteiger partial charge in [-0.3, -0.25) is 6.08 Å². The Morgan fingerprint density at radius 2 is 1.50 bits per heavy atom. The first-order valence-electron chi connectivity index (χ1n) is 8.69. The summed E-state index contributed by atoms with van der Waals surface area (Å²) in [4.78, 5) is 11.0. The standard InChI is InChI=1S/C11H15NO.C9H13.C2H6Si.2ClH.Ti/c1-11(2,3)9-7-5-4-6-8(9)10(12)13;1-6-5-7(2)9(4)8(6)3;1-3-2;;;/h4-7H,1-3H3,(H2,12,13);6H,1-4H3;1-2H3;2*1H;/q;-1;;;;+4/p-3. The molecule has 0 spiro atoms. The summed E-state index contributed by atoms with van der Waals surface area (Å²) in [5.74, 6) is -0.0458. The quantitative estimate of drug-likeness (QED) is 0.437. The fraction of sp³-hybridized carbons (Fsp3) is 0.500. The summed E-state index contributed by atoms with van der Waals surface area (Å²) >= 11 is 0. The van der Waals surface area contributed by atoms with E-state index in [4.69, 9.17) is 5.73 Å². The molecule has 1 amide bonds. The summed E-state index contributed by atoms with van der Waals surface area (Å²) < 4.78 is 0. The van der Waals surface area contributed by atoms with Gasteiger partial charge in [0.1, 0.15) is 0 Å². The molecule has 1 aromatic rings. The SMILES string of the molecule is CC(C)(C)c1ccccc1C([NH-])=O.CC1=[C-]C(C)C(C)=C1C.C[Si]C.[Cl-].[Cl-].[Ti+4]. The van der Waals surface area contributed by atoms with E-state index in [2.05, 4.69) is 46.9 Å². The molecule has 0 aromatic heterocycles. The number of nitrogens with one attached hydrogen (secondary N) is 1. The zero-order valence-corrected chi connectivity index (χ0v) is 22.6. The second-order valence-corrected chi connectivity index (χ2v) is 8.42. The fourth-order valence-electron chi connectivity index (χ4n) is 2.50. The molecule has 0 bridgehead atoms. The third-order valence-electron chi connectivity index (χ3n) is 4.22. The van der Waals surface area contributed by atoms with Crippen molar-refractivity contribution in [2.75, 3.05) is 0 Å². The molecule has 0 aliphatic heterocycles. The van der Waals surface area contributed by atoms with Gasteiger partial charge in [-0.15, -0.1) is 6.92 Å². The van der Waals surface area contributed by atoms with Gasteiger partial charge >= 0.3 is 21.7 Å². The Kier molecular flexibility index (Phi) is 20.7. The molecule has 1 atom stereocenters. The van der Waals surface area contributed by atoms with Gasteiger partial charge in [0.05, 0.1) is 5.91 Å². The van der Waals surface area contributed by atoms with Crippen molar-refractivity contribution in [2.45, 2.75) is 67.0 Å². The number of benzene rings is 1. The zero-order chi connectivity index (χ0) is 19.8.